The SMILES string of the molecule is c1noc(C23CCCN(C2)C3)n1. The fourth-order valence-corrected chi connectivity index (χ4v) is 2.42. The van der Waals surface area contributed by atoms with E-state index < -0.39 is 0 Å². The van der Waals surface area contributed by atoms with E-state index in [0.717, 1.165) is 19.0 Å². The highest BCUT2D eigenvalue weighted by molar-refractivity contribution is 5.15. The molecule has 3 aliphatic heterocycles. The standard InChI is InChI=1S/C8H11N3O/c1-2-8(4-11(3-1)5-8)7-9-6-10-12-7/h6H,1-5H2. The number of nitrogens with zero attached hydrogens (tertiary/aromatic N) is 3. The summed E-state index contributed by atoms with van der Waals surface area (Å²) < 4.78 is 5.13. The molecule has 0 atom stereocenters. The Bertz CT molecular complexity index is 271. The smallest absolute Gasteiger partial charge is 0.235 e. The molecule has 0 amide bonds. The minimum Gasteiger partial charge on any atom is -0.339 e. The normalized spacial score (nSPS) is 39.2. The summed E-state index contributed by atoms with van der Waals surface area (Å²) in [6, 6.07) is 0. The Kier molecular flexibility index (Phi) is 1.14. The number of hydrogen-bond donors (Lipinski definition) is 0. The molecule has 0 radical (unpaired) electrons. The number of fused-ring (bicyclic) bond motifs is 2. The Morgan fingerprint density at radius 1 is 1.50 bits per heavy atom. The zero-order valence-electron chi connectivity index (χ0n) is 6.86. The highest BCUT2D eigenvalue weighted by atomic mass is 16.5. The van der Waals surface area contributed by atoms with Crippen molar-refractivity contribution in [3.63, 3.8) is 0 Å². The van der Waals surface area contributed by atoms with E-state index in [1.165, 1.54) is 25.7 Å². The third-order valence-electron chi connectivity index (χ3n) is 3.00. The summed E-state index contributed by atoms with van der Waals surface area (Å²) in [4.78, 5) is 6.58. The molecule has 1 aromatic rings. The monoisotopic (exact) mass is 165 g/mol. The van der Waals surface area contributed by atoms with Crippen molar-refractivity contribution < 1.29 is 4.52 Å². The zero-order chi connectivity index (χ0) is 8.02. The summed E-state index contributed by atoms with van der Waals surface area (Å²) in [6.07, 6.45) is 3.98. The van der Waals surface area contributed by atoms with Gasteiger partial charge < -0.3 is 9.42 Å². The van der Waals surface area contributed by atoms with Gasteiger partial charge >= 0.3 is 0 Å². The van der Waals surface area contributed by atoms with Crippen molar-refractivity contribution in [1.82, 2.24) is 15.0 Å². The van der Waals surface area contributed by atoms with Crippen molar-refractivity contribution in [3.05, 3.63) is 12.2 Å². The lowest BCUT2D eigenvalue weighted by molar-refractivity contribution is -0.00680. The molecule has 4 heterocycles. The average Bonchev–Trinajstić information content (AvgIpc) is 2.55. The number of aromatic nitrogens is 2. The lowest BCUT2D eigenvalue weighted by Crippen LogP contribution is -2.63. The van der Waals surface area contributed by atoms with E-state index in [9.17, 15) is 0 Å². The van der Waals surface area contributed by atoms with Gasteiger partial charge in [-0.3, -0.25) is 0 Å². The summed E-state index contributed by atoms with van der Waals surface area (Å²) in [5.41, 5.74) is 0.231. The number of rotatable bonds is 1. The molecule has 0 spiro atoms. The number of piperidine rings is 2. The first-order valence-electron chi connectivity index (χ1n) is 4.39. The van der Waals surface area contributed by atoms with E-state index >= 15 is 0 Å². The lowest BCUT2D eigenvalue weighted by atomic mass is 9.72. The summed E-state index contributed by atoms with van der Waals surface area (Å²) in [6.45, 7) is 3.49. The molecule has 1 aromatic heterocycles. The van der Waals surface area contributed by atoms with Gasteiger partial charge in [-0.2, -0.15) is 4.98 Å². The van der Waals surface area contributed by atoms with Crippen molar-refractivity contribution >= 4 is 0 Å². The topological polar surface area (TPSA) is 42.2 Å². The predicted octanol–water partition coefficient (Wildman–Crippen LogP) is 0.417. The van der Waals surface area contributed by atoms with Crippen molar-refractivity contribution in [1.29, 1.82) is 0 Å². The molecule has 0 N–H and O–H groups in total. The first-order valence-corrected chi connectivity index (χ1v) is 4.39. The van der Waals surface area contributed by atoms with Crippen LogP contribution in [0.3, 0.4) is 0 Å². The molecule has 3 aliphatic rings. The fraction of sp³-hybridized carbons (Fsp3) is 0.750. The predicted molar refractivity (Wildman–Crippen MR) is 41.7 cm³/mol. The van der Waals surface area contributed by atoms with Gasteiger partial charge in [-0.1, -0.05) is 5.16 Å². The van der Waals surface area contributed by atoms with Gasteiger partial charge in [0.15, 0.2) is 6.33 Å². The van der Waals surface area contributed by atoms with Crippen LogP contribution >= 0.6 is 0 Å². The lowest BCUT2D eigenvalue weighted by Gasteiger charge is -2.52. The highest BCUT2D eigenvalue weighted by Gasteiger charge is 2.50. The third-order valence-corrected chi connectivity index (χ3v) is 3.00. The largest absolute Gasteiger partial charge is 0.339 e. The van der Waals surface area contributed by atoms with Crippen LogP contribution in [0.25, 0.3) is 0 Å². The average molecular weight is 165 g/mol. The Labute approximate surface area is 70.6 Å². The second-order valence-electron chi connectivity index (χ2n) is 3.84. The zero-order valence-corrected chi connectivity index (χ0v) is 6.86. The van der Waals surface area contributed by atoms with Crippen LogP contribution in [0.1, 0.15) is 18.7 Å². The van der Waals surface area contributed by atoms with E-state index in [2.05, 4.69) is 15.0 Å². The van der Waals surface area contributed by atoms with Crippen molar-refractivity contribution in [2.75, 3.05) is 19.6 Å². The van der Waals surface area contributed by atoms with Gasteiger partial charge in [0, 0.05) is 13.1 Å². The van der Waals surface area contributed by atoms with Crippen LogP contribution in [-0.2, 0) is 5.41 Å². The molecule has 4 heteroatoms. The summed E-state index contributed by atoms with van der Waals surface area (Å²) in [5.74, 6) is 0.846. The first kappa shape index (κ1) is 6.60. The van der Waals surface area contributed by atoms with Crippen LogP contribution in [0.5, 0.6) is 0 Å². The highest BCUT2D eigenvalue weighted by Crippen LogP contribution is 2.41. The van der Waals surface area contributed by atoms with Crippen LogP contribution in [-0.4, -0.2) is 34.7 Å². The van der Waals surface area contributed by atoms with Crippen LogP contribution < -0.4 is 0 Å². The second kappa shape index (κ2) is 2.07. The Hall–Kier alpha value is -0.900. The summed E-state index contributed by atoms with van der Waals surface area (Å²) in [5, 5.41) is 3.66. The molecule has 12 heavy (non-hydrogen) atoms. The number of hydrogen-bond acceptors (Lipinski definition) is 4. The van der Waals surface area contributed by atoms with Gasteiger partial charge in [0.05, 0.1) is 5.41 Å². The molecule has 0 aliphatic carbocycles. The summed E-state index contributed by atoms with van der Waals surface area (Å²) in [7, 11) is 0. The van der Waals surface area contributed by atoms with Crippen LogP contribution in [0.2, 0.25) is 0 Å². The van der Waals surface area contributed by atoms with E-state index in [-0.39, 0.29) is 5.41 Å². The van der Waals surface area contributed by atoms with Crippen LogP contribution in [0, 0.1) is 0 Å². The molecule has 3 saturated heterocycles. The van der Waals surface area contributed by atoms with Gasteiger partial charge in [0.25, 0.3) is 0 Å². The van der Waals surface area contributed by atoms with Gasteiger partial charge in [-0.05, 0) is 19.4 Å². The minimum atomic E-state index is 0.231. The molecule has 4 nitrogen and oxygen atoms in total. The maximum absolute atomic E-state index is 5.13. The summed E-state index contributed by atoms with van der Waals surface area (Å²) >= 11 is 0. The van der Waals surface area contributed by atoms with Crippen molar-refractivity contribution in [3.8, 4) is 0 Å². The van der Waals surface area contributed by atoms with E-state index in [4.69, 9.17) is 4.52 Å². The molecule has 3 fully saturated rings. The fourth-order valence-electron chi connectivity index (χ4n) is 2.42. The quantitative estimate of drug-likeness (QED) is 0.604. The van der Waals surface area contributed by atoms with Gasteiger partial charge in [0.1, 0.15) is 0 Å². The molecule has 0 aromatic carbocycles. The van der Waals surface area contributed by atoms with Gasteiger partial charge in [-0.25, -0.2) is 0 Å². The maximum Gasteiger partial charge on any atom is 0.235 e. The Balaban J connectivity index is 1.93. The molecule has 0 saturated carbocycles. The van der Waals surface area contributed by atoms with Crippen molar-refractivity contribution in [2.24, 2.45) is 0 Å². The Morgan fingerprint density at radius 3 is 3.00 bits per heavy atom. The molecule has 64 valence electrons. The van der Waals surface area contributed by atoms with Crippen LogP contribution in [0.15, 0.2) is 10.9 Å². The van der Waals surface area contributed by atoms with Crippen LogP contribution in [0.4, 0.5) is 0 Å². The maximum atomic E-state index is 5.13. The van der Waals surface area contributed by atoms with Crippen molar-refractivity contribution in [2.45, 2.75) is 18.3 Å². The second-order valence-corrected chi connectivity index (χ2v) is 3.84. The van der Waals surface area contributed by atoms with E-state index in [0.29, 0.717) is 0 Å². The molecule has 0 unspecified atom stereocenters. The minimum absolute atomic E-state index is 0.231. The third kappa shape index (κ3) is 0.705. The first-order chi connectivity index (χ1) is 5.89. The van der Waals surface area contributed by atoms with Gasteiger partial charge in [-0.15, -0.1) is 0 Å². The van der Waals surface area contributed by atoms with E-state index in [1.807, 2.05) is 0 Å². The molecular formula is C8H11N3O. The molecule has 4 rings (SSSR count). The molecular weight excluding hydrogens is 154 g/mol. The Morgan fingerprint density at radius 2 is 2.42 bits per heavy atom. The van der Waals surface area contributed by atoms with E-state index in [1.54, 1.807) is 0 Å². The molecule has 2 bridgehead atoms. The van der Waals surface area contributed by atoms with Gasteiger partial charge in [0.2, 0.25) is 5.89 Å².